The summed E-state index contributed by atoms with van der Waals surface area (Å²) in [6, 6.07) is 0. The van der Waals surface area contributed by atoms with Crippen molar-refractivity contribution in [3.63, 3.8) is 0 Å². The van der Waals surface area contributed by atoms with Gasteiger partial charge >= 0.3 is 0 Å². The summed E-state index contributed by atoms with van der Waals surface area (Å²) < 4.78 is 0. The SMILES string of the molecule is CCC(C)C(=O)NCC1CCCCC1O. The fraction of sp³-hybridized carbons (Fsp3) is 0.917. The maximum atomic E-state index is 11.5. The van der Waals surface area contributed by atoms with E-state index in [1.54, 1.807) is 0 Å². The minimum absolute atomic E-state index is 0.0886. The number of aliphatic hydroxyl groups is 1. The van der Waals surface area contributed by atoms with Crippen LogP contribution in [0, 0.1) is 11.8 Å². The summed E-state index contributed by atoms with van der Waals surface area (Å²) in [5.74, 6) is 0.479. The third-order valence-electron chi connectivity index (χ3n) is 3.47. The van der Waals surface area contributed by atoms with Crippen LogP contribution in [0.3, 0.4) is 0 Å². The summed E-state index contributed by atoms with van der Waals surface area (Å²) >= 11 is 0. The highest BCUT2D eigenvalue weighted by Crippen LogP contribution is 2.23. The summed E-state index contributed by atoms with van der Waals surface area (Å²) in [6.07, 6.45) is 4.90. The van der Waals surface area contributed by atoms with E-state index >= 15 is 0 Å². The lowest BCUT2D eigenvalue weighted by atomic mass is 9.86. The Morgan fingerprint density at radius 1 is 1.47 bits per heavy atom. The number of rotatable bonds is 4. The van der Waals surface area contributed by atoms with E-state index < -0.39 is 0 Å². The first-order valence-electron chi connectivity index (χ1n) is 6.11. The van der Waals surface area contributed by atoms with Crippen LogP contribution >= 0.6 is 0 Å². The predicted molar refractivity (Wildman–Crippen MR) is 60.4 cm³/mol. The smallest absolute Gasteiger partial charge is 0.222 e. The molecule has 0 heterocycles. The molecule has 0 aromatic rings. The largest absolute Gasteiger partial charge is 0.393 e. The highest BCUT2D eigenvalue weighted by Gasteiger charge is 2.23. The summed E-state index contributed by atoms with van der Waals surface area (Å²) in [4.78, 5) is 11.5. The van der Waals surface area contributed by atoms with Crippen LogP contribution in [0.25, 0.3) is 0 Å². The molecular formula is C12H23NO2. The number of nitrogens with one attached hydrogen (secondary N) is 1. The Bertz CT molecular complexity index is 206. The quantitative estimate of drug-likeness (QED) is 0.746. The molecule has 3 nitrogen and oxygen atoms in total. The second-order valence-electron chi connectivity index (χ2n) is 4.67. The van der Waals surface area contributed by atoms with Crippen LogP contribution in [-0.4, -0.2) is 23.7 Å². The predicted octanol–water partition coefficient (Wildman–Crippen LogP) is 1.70. The van der Waals surface area contributed by atoms with Crippen molar-refractivity contribution in [1.29, 1.82) is 0 Å². The average molecular weight is 213 g/mol. The number of hydrogen-bond acceptors (Lipinski definition) is 2. The van der Waals surface area contributed by atoms with Crippen molar-refractivity contribution in [3.05, 3.63) is 0 Å². The second-order valence-corrected chi connectivity index (χ2v) is 4.67. The van der Waals surface area contributed by atoms with Crippen LogP contribution in [0.15, 0.2) is 0 Å². The van der Waals surface area contributed by atoms with Gasteiger partial charge in [-0.1, -0.05) is 26.7 Å². The van der Waals surface area contributed by atoms with E-state index in [4.69, 9.17) is 0 Å². The van der Waals surface area contributed by atoms with Crippen molar-refractivity contribution >= 4 is 5.91 Å². The number of amides is 1. The fourth-order valence-corrected chi connectivity index (χ4v) is 2.02. The molecule has 3 unspecified atom stereocenters. The van der Waals surface area contributed by atoms with Gasteiger partial charge in [-0.2, -0.15) is 0 Å². The molecule has 3 atom stereocenters. The summed E-state index contributed by atoms with van der Waals surface area (Å²) in [5.41, 5.74) is 0. The highest BCUT2D eigenvalue weighted by molar-refractivity contribution is 5.78. The lowest BCUT2D eigenvalue weighted by Crippen LogP contribution is -2.38. The molecule has 0 radical (unpaired) electrons. The molecule has 0 bridgehead atoms. The molecule has 0 aliphatic heterocycles. The van der Waals surface area contributed by atoms with Crippen LogP contribution in [0.5, 0.6) is 0 Å². The van der Waals surface area contributed by atoms with Gasteiger partial charge in [0.2, 0.25) is 5.91 Å². The normalized spacial score (nSPS) is 28.5. The van der Waals surface area contributed by atoms with Crippen LogP contribution in [-0.2, 0) is 4.79 Å². The van der Waals surface area contributed by atoms with Crippen LogP contribution in [0.4, 0.5) is 0 Å². The molecule has 0 aromatic carbocycles. The van der Waals surface area contributed by atoms with Crippen molar-refractivity contribution in [2.24, 2.45) is 11.8 Å². The van der Waals surface area contributed by atoms with E-state index in [0.717, 1.165) is 25.7 Å². The van der Waals surface area contributed by atoms with E-state index in [-0.39, 0.29) is 23.8 Å². The third-order valence-corrected chi connectivity index (χ3v) is 3.47. The van der Waals surface area contributed by atoms with Crippen LogP contribution in [0.2, 0.25) is 0 Å². The molecule has 3 heteroatoms. The van der Waals surface area contributed by atoms with Gasteiger partial charge in [0.15, 0.2) is 0 Å². The molecule has 1 saturated carbocycles. The summed E-state index contributed by atoms with van der Waals surface area (Å²) in [5, 5.41) is 12.7. The molecule has 1 aliphatic rings. The molecular weight excluding hydrogens is 190 g/mol. The first-order chi connectivity index (χ1) is 7.15. The molecule has 1 amide bonds. The molecule has 0 saturated heterocycles. The number of aliphatic hydroxyl groups excluding tert-OH is 1. The molecule has 1 fully saturated rings. The van der Waals surface area contributed by atoms with Crippen molar-refractivity contribution in [2.45, 2.75) is 52.1 Å². The zero-order chi connectivity index (χ0) is 11.3. The van der Waals surface area contributed by atoms with Gasteiger partial charge in [0.05, 0.1) is 6.10 Å². The average Bonchev–Trinajstić information content (AvgIpc) is 2.26. The lowest BCUT2D eigenvalue weighted by Gasteiger charge is -2.28. The Morgan fingerprint density at radius 3 is 2.73 bits per heavy atom. The second kappa shape index (κ2) is 6.11. The van der Waals surface area contributed by atoms with Gasteiger partial charge in [-0.3, -0.25) is 4.79 Å². The Hall–Kier alpha value is -0.570. The summed E-state index contributed by atoms with van der Waals surface area (Å²) in [7, 11) is 0. The maximum Gasteiger partial charge on any atom is 0.222 e. The Balaban J connectivity index is 2.26. The maximum absolute atomic E-state index is 11.5. The van der Waals surface area contributed by atoms with Crippen molar-refractivity contribution in [3.8, 4) is 0 Å². The molecule has 0 spiro atoms. The number of carbonyl (C=O) groups excluding carboxylic acids is 1. The van der Waals surface area contributed by atoms with E-state index in [0.29, 0.717) is 6.54 Å². The Morgan fingerprint density at radius 2 is 2.13 bits per heavy atom. The Labute approximate surface area is 92.3 Å². The fourth-order valence-electron chi connectivity index (χ4n) is 2.02. The van der Waals surface area contributed by atoms with Gasteiger partial charge < -0.3 is 10.4 Å². The van der Waals surface area contributed by atoms with Crippen molar-refractivity contribution in [2.75, 3.05) is 6.54 Å². The van der Waals surface area contributed by atoms with E-state index in [1.807, 2.05) is 13.8 Å². The number of hydrogen-bond donors (Lipinski definition) is 2. The summed E-state index contributed by atoms with van der Waals surface area (Å²) in [6.45, 7) is 4.59. The lowest BCUT2D eigenvalue weighted by molar-refractivity contribution is -0.125. The zero-order valence-electron chi connectivity index (χ0n) is 9.83. The standard InChI is InChI=1S/C12H23NO2/c1-3-9(2)12(15)13-8-10-6-4-5-7-11(10)14/h9-11,14H,3-8H2,1-2H3,(H,13,15). The van der Waals surface area contributed by atoms with Gasteiger partial charge in [0, 0.05) is 18.4 Å². The molecule has 1 rings (SSSR count). The number of carbonyl (C=O) groups is 1. The van der Waals surface area contributed by atoms with Gasteiger partial charge in [-0.05, 0) is 19.3 Å². The molecule has 1 aliphatic carbocycles. The van der Waals surface area contributed by atoms with Gasteiger partial charge in [0.1, 0.15) is 0 Å². The van der Waals surface area contributed by atoms with Gasteiger partial charge in [-0.15, -0.1) is 0 Å². The zero-order valence-corrected chi connectivity index (χ0v) is 9.83. The minimum atomic E-state index is -0.212. The topological polar surface area (TPSA) is 49.3 Å². The van der Waals surface area contributed by atoms with E-state index in [9.17, 15) is 9.90 Å². The molecule has 15 heavy (non-hydrogen) atoms. The first-order valence-corrected chi connectivity index (χ1v) is 6.11. The molecule has 0 aromatic heterocycles. The van der Waals surface area contributed by atoms with Crippen molar-refractivity contribution in [1.82, 2.24) is 5.32 Å². The molecule has 88 valence electrons. The van der Waals surface area contributed by atoms with Crippen LogP contribution in [0.1, 0.15) is 46.0 Å². The monoisotopic (exact) mass is 213 g/mol. The van der Waals surface area contributed by atoms with Crippen LogP contribution < -0.4 is 5.32 Å². The Kier molecular flexibility index (Phi) is 5.09. The van der Waals surface area contributed by atoms with Gasteiger partial charge in [0.25, 0.3) is 0 Å². The van der Waals surface area contributed by atoms with Crippen molar-refractivity contribution < 1.29 is 9.90 Å². The van der Waals surface area contributed by atoms with Gasteiger partial charge in [-0.25, -0.2) is 0 Å². The van der Waals surface area contributed by atoms with E-state index in [2.05, 4.69) is 5.32 Å². The first kappa shape index (κ1) is 12.5. The minimum Gasteiger partial charge on any atom is -0.393 e. The van der Waals surface area contributed by atoms with E-state index in [1.165, 1.54) is 6.42 Å². The third kappa shape index (κ3) is 3.82. The highest BCUT2D eigenvalue weighted by atomic mass is 16.3. The molecule has 2 N–H and O–H groups in total.